The Kier molecular flexibility index (Phi) is 9.47. The minimum Gasteiger partial charge on any atom is -0.366 e. The Balaban J connectivity index is 1.31. The number of hydrogen-bond donors (Lipinski definition) is 3. The van der Waals surface area contributed by atoms with E-state index in [1.165, 1.54) is 0 Å². The number of imidazole rings is 2. The molecule has 15 heteroatoms. The van der Waals surface area contributed by atoms with Crippen molar-refractivity contribution >= 4 is 51.5 Å². The van der Waals surface area contributed by atoms with Gasteiger partial charge in [0.15, 0.2) is 5.78 Å². The Morgan fingerprint density at radius 1 is 0.830 bits per heavy atom. The molecule has 5 N–H and O–H groups in total. The number of carbonyl (C=O) groups is 4. The van der Waals surface area contributed by atoms with Crippen molar-refractivity contribution in [2.45, 2.75) is 79.1 Å². The molecule has 0 fully saturated rings. The number of nitrogens with one attached hydrogen (secondary N) is 1. The summed E-state index contributed by atoms with van der Waals surface area (Å²) >= 11 is 0. The summed E-state index contributed by atoms with van der Waals surface area (Å²) in [6.45, 7) is 7.49. The molecule has 0 spiro atoms. The molecule has 2 aromatic carbocycles. The third-order valence-corrected chi connectivity index (χ3v) is 9.68. The Hall–Kier alpha value is -6.38. The highest BCUT2D eigenvalue weighted by molar-refractivity contribution is 6.03. The van der Waals surface area contributed by atoms with E-state index in [-0.39, 0.29) is 18.1 Å². The zero-order valence-electron chi connectivity index (χ0n) is 29.9. The van der Waals surface area contributed by atoms with Crippen LogP contribution in [0.25, 0.3) is 22.1 Å². The van der Waals surface area contributed by atoms with Crippen molar-refractivity contribution in [3.05, 3.63) is 99.9 Å². The topological polar surface area (TPSA) is 204 Å². The molecule has 0 saturated heterocycles. The molecule has 53 heavy (non-hydrogen) atoms. The van der Waals surface area contributed by atoms with Gasteiger partial charge in [-0.15, -0.1) is 0 Å². The van der Waals surface area contributed by atoms with E-state index in [1.807, 2.05) is 42.1 Å². The highest BCUT2D eigenvalue weighted by Crippen LogP contribution is 2.25. The van der Waals surface area contributed by atoms with Gasteiger partial charge < -0.3 is 20.6 Å². The summed E-state index contributed by atoms with van der Waals surface area (Å²) in [5, 5.41) is 12.3. The zero-order valence-corrected chi connectivity index (χ0v) is 29.9. The van der Waals surface area contributed by atoms with Gasteiger partial charge >= 0.3 is 0 Å². The molecule has 0 radical (unpaired) electrons. The molecule has 272 valence electrons. The van der Waals surface area contributed by atoms with Gasteiger partial charge in [0.25, 0.3) is 5.91 Å². The summed E-state index contributed by atoms with van der Waals surface area (Å²) in [4.78, 5) is 61.5. The van der Waals surface area contributed by atoms with Crippen molar-refractivity contribution in [3.8, 4) is 0 Å². The summed E-state index contributed by atoms with van der Waals surface area (Å²) in [5.74, 6) is -0.758. The van der Waals surface area contributed by atoms with E-state index in [0.717, 1.165) is 41.7 Å². The Bertz CT molecular complexity index is 2460. The van der Waals surface area contributed by atoms with Crippen LogP contribution in [0.1, 0.15) is 90.7 Å². The molecular weight excluding hydrogens is 674 g/mol. The van der Waals surface area contributed by atoms with Crippen molar-refractivity contribution in [3.63, 3.8) is 0 Å². The van der Waals surface area contributed by atoms with Crippen molar-refractivity contribution in [2.24, 2.45) is 11.5 Å². The predicted octanol–water partition coefficient (Wildman–Crippen LogP) is 4.27. The number of allylic oxidation sites excluding steroid dienone is 2. The number of amides is 3. The predicted molar refractivity (Wildman–Crippen MR) is 199 cm³/mol. The molecule has 1 aliphatic heterocycles. The highest BCUT2D eigenvalue weighted by Gasteiger charge is 2.24. The van der Waals surface area contributed by atoms with Crippen LogP contribution < -0.4 is 16.8 Å². The van der Waals surface area contributed by atoms with Crippen LogP contribution in [0.15, 0.2) is 54.6 Å². The lowest BCUT2D eigenvalue weighted by Gasteiger charge is -2.10. The smallest absolute Gasteiger partial charge is 0.276 e. The zero-order chi connectivity index (χ0) is 37.4. The van der Waals surface area contributed by atoms with Gasteiger partial charge in [-0.25, -0.2) is 9.97 Å². The third-order valence-electron chi connectivity index (χ3n) is 9.68. The van der Waals surface area contributed by atoms with Crippen molar-refractivity contribution in [1.29, 1.82) is 0 Å². The van der Waals surface area contributed by atoms with Crippen LogP contribution in [0.2, 0.25) is 0 Å². The van der Waals surface area contributed by atoms with Gasteiger partial charge in [0.05, 0.1) is 39.9 Å². The molecule has 15 nitrogen and oxygen atoms in total. The lowest BCUT2D eigenvalue weighted by molar-refractivity contribution is 0.0974. The molecule has 1 aliphatic rings. The number of nitrogens with two attached hydrogens (primary N) is 2. The lowest BCUT2D eigenvalue weighted by atomic mass is 10.0. The second kappa shape index (κ2) is 14.3. The van der Waals surface area contributed by atoms with Crippen LogP contribution in [0, 0.1) is 13.8 Å². The molecule has 3 amide bonds. The molecule has 0 unspecified atom stereocenters. The first-order valence-corrected chi connectivity index (χ1v) is 17.7. The van der Waals surface area contributed by atoms with Crippen LogP contribution in [-0.4, -0.2) is 62.2 Å². The van der Waals surface area contributed by atoms with E-state index >= 15 is 0 Å². The van der Waals surface area contributed by atoms with Crippen LogP contribution in [-0.2, 0) is 39.0 Å². The van der Waals surface area contributed by atoms with Crippen LogP contribution in [0.3, 0.4) is 0 Å². The van der Waals surface area contributed by atoms with E-state index < -0.39 is 11.8 Å². The van der Waals surface area contributed by atoms with E-state index in [9.17, 15) is 19.2 Å². The number of primary amides is 2. The van der Waals surface area contributed by atoms with Gasteiger partial charge in [0.2, 0.25) is 17.8 Å². The maximum atomic E-state index is 14.2. The van der Waals surface area contributed by atoms with Crippen LogP contribution in [0.5, 0.6) is 0 Å². The summed E-state index contributed by atoms with van der Waals surface area (Å²) < 4.78 is 7.29. The number of aryl methyl sites for hydroxylation is 4. The number of aromatic nitrogens is 8. The maximum Gasteiger partial charge on any atom is 0.276 e. The van der Waals surface area contributed by atoms with Gasteiger partial charge in [0, 0.05) is 42.9 Å². The Morgan fingerprint density at radius 3 is 2.17 bits per heavy atom. The molecule has 6 aromatic rings. The first kappa shape index (κ1) is 35.0. The quantitative estimate of drug-likeness (QED) is 0.225. The summed E-state index contributed by atoms with van der Waals surface area (Å²) in [7, 11) is 0. The van der Waals surface area contributed by atoms with E-state index in [2.05, 4.69) is 15.4 Å². The first-order chi connectivity index (χ1) is 25.5. The van der Waals surface area contributed by atoms with Crippen LogP contribution in [0.4, 0.5) is 5.95 Å². The second-order valence-electron chi connectivity index (χ2n) is 13.3. The summed E-state index contributed by atoms with van der Waals surface area (Å²) in [5.41, 5.74) is 17.7. The number of fused-ring (bicyclic) bond motifs is 8. The van der Waals surface area contributed by atoms with Gasteiger partial charge in [-0.3, -0.25) is 33.9 Å². The number of benzene rings is 2. The van der Waals surface area contributed by atoms with Gasteiger partial charge in [-0.2, -0.15) is 10.2 Å². The minimum atomic E-state index is -0.582. The van der Waals surface area contributed by atoms with E-state index in [4.69, 9.17) is 21.5 Å². The minimum absolute atomic E-state index is 0.0263. The number of anilines is 1. The molecule has 0 atom stereocenters. The molecule has 7 rings (SSSR count). The lowest BCUT2D eigenvalue weighted by Crippen LogP contribution is -2.20. The van der Waals surface area contributed by atoms with Crippen molar-refractivity contribution in [2.75, 3.05) is 5.32 Å². The van der Waals surface area contributed by atoms with E-state index in [1.54, 1.807) is 51.8 Å². The first-order valence-electron chi connectivity index (χ1n) is 17.7. The molecule has 4 aromatic heterocycles. The fourth-order valence-electron chi connectivity index (χ4n) is 7.09. The number of ketones is 1. The number of carbonyl (C=O) groups excluding carboxylic acids is 4. The van der Waals surface area contributed by atoms with Crippen LogP contribution >= 0.6 is 0 Å². The third kappa shape index (κ3) is 6.84. The fourth-order valence-corrected chi connectivity index (χ4v) is 7.09. The molecular formula is C38H41N11O4. The van der Waals surface area contributed by atoms with Crippen molar-refractivity contribution in [1.82, 2.24) is 38.7 Å². The highest BCUT2D eigenvalue weighted by atomic mass is 16.2. The van der Waals surface area contributed by atoms with Gasteiger partial charge in [-0.05, 0) is 82.5 Å². The number of nitrogens with zero attached hydrogens (tertiary/aromatic N) is 8. The van der Waals surface area contributed by atoms with E-state index in [0.29, 0.717) is 83.4 Å². The number of rotatable bonds is 3. The summed E-state index contributed by atoms with van der Waals surface area (Å²) in [6, 6.07) is 11.8. The number of hydrogen-bond acceptors (Lipinski definition) is 8. The molecule has 5 heterocycles. The maximum absolute atomic E-state index is 14.2. The molecule has 0 bridgehead atoms. The monoisotopic (exact) mass is 715 g/mol. The Morgan fingerprint density at radius 2 is 1.49 bits per heavy atom. The normalized spacial score (nSPS) is 14.6. The standard InChI is InChI=1S/C38H41N11O4/c1-4-48-34-26(23(3)45-48)10-6-5-7-17-49-31(18-22(2)44-49)37(53)43-38-42-28-20-25(36(40)52)12-14-30(28)47(38)16-9-8-15-46-29-13-11-24(35(39)51)19-27(29)41-33(46)21-32(34)50/h8-9,11-14,18-20H,4-7,10,15-17,21H2,1-3H3,(H2,39,51)(H2,40,52)(H,42,43,53). The average Bonchev–Trinajstić information content (AvgIpc) is 3.86. The number of Topliss-reactive ketones (excluding diaryl/α,β-unsaturated/α-hetero) is 1. The molecule has 0 saturated carbocycles. The summed E-state index contributed by atoms with van der Waals surface area (Å²) in [6.07, 6.45) is 6.99. The Labute approximate surface area is 304 Å². The van der Waals surface area contributed by atoms with Crippen molar-refractivity contribution < 1.29 is 19.2 Å². The van der Waals surface area contributed by atoms with Gasteiger partial charge in [-0.1, -0.05) is 18.6 Å². The fraction of sp³-hybridized carbons (Fsp3) is 0.316. The SMILES string of the molecule is CCn1nc(C)c2c1C(=O)Cc1nc3cc(C(N)=O)ccc3n1CC=CCn1c(nc3cc(C(N)=O)ccc31)NC(=O)c1cc(C)nn1CCCCC2. The molecule has 0 aliphatic carbocycles. The average molecular weight is 716 g/mol. The van der Waals surface area contributed by atoms with Gasteiger partial charge in [0.1, 0.15) is 17.2 Å². The second-order valence-corrected chi connectivity index (χ2v) is 13.3. The largest absolute Gasteiger partial charge is 0.366 e.